The highest BCUT2D eigenvalue weighted by atomic mass is 32.2. The van der Waals surface area contributed by atoms with Gasteiger partial charge in [0.25, 0.3) is 0 Å². The molecule has 32 heavy (non-hydrogen) atoms. The molecule has 0 bridgehead atoms. The van der Waals surface area contributed by atoms with E-state index in [1.165, 1.54) is 48.6 Å². The number of carbonyl (C=O) groups is 1. The molecule has 2 saturated heterocycles. The molecule has 0 aliphatic carbocycles. The smallest absolute Gasteiger partial charge is 0.207 e. The van der Waals surface area contributed by atoms with E-state index in [1.807, 2.05) is 30.3 Å². The van der Waals surface area contributed by atoms with Crippen LogP contribution in [0.3, 0.4) is 0 Å². The summed E-state index contributed by atoms with van der Waals surface area (Å²) >= 11 is 1.94. The lowest BCUT2D eigenvalue weighted by Gasteiger charge is -2.28. The minimum Gasteiger partial charge on any atom is -0.356 e. The highest BCUT2D eigenvalue weighted by Gasteiger charge is 2.21. The lowest BCUT2D eigenvalue weighted by atomic mass is 10.0. The molecular formula is C25H39N5OS. The number of hydrogen-bond donors (Lipinski definition) is 1. The van der Waals surface area contributed by atoms with Crippen molar-refractivity contribution in [1.82, 2.24) is 19.2 Å². The number of carbonyl (C=O) groups excluding carboxylic acids is 1. The van der Waals surface area contributed by atoms with Gasteiger partial charge >= 0.3 is 0 Å². The molecule has 0 aromatic carbocycles. The second kappa shape index (κ2) is 11.8. The normalized spacial score (nSPS) is 19.5. The third-order valence-corrected chi connectivity index (χ3v) is 7.90. The summed E-state index contributed by atoms with van der Waals surface area (Å²) in [5.41, 5.74) is 3.83. The molecule has 4 rings (SSSR count). The fourth-order valence-electron chi connectivity index (χ4n) is 4.26. The highest BCUT2D eigenvalue weighted by Crippen LogP contribution is 2.31. The van der Waals surface area contributed by atoms with Crippen LogP contribution in [-0.4, -0.2) is 46.4 Å². The number of amides is 1. The van der Waals surface area contributed by atoms with Crippen LogP contribution >= 0.6 is 11.9 Å². The maximum absolute atomic E-state index is 10.3. The van der Waals surface area contributed by atoms with E-state index in [-0.39, 0.29) is 0 Å². The van der Waals surface area contributed by atoms with Crippen LogP contribution in [0, 0.1) is 25.7 Å². The van der Waals surface area contributed by atoms with Crippen LogP contribution in [0.1, 0.15) is 50.1 Å². The minimum atomic E-state index is 0.553. The Bertz CT molecular complexity index is 875. The molecule has 2 aliphatic heterocycles. The standard InChI is InChI=1S/C13H22N2S.C12H17N3O/c1-10-5-7-15(8-6-10)16-13-9-11(2)14(4)12(13)3;1-10-4-6-15(8-10)12-11(7-13-9-16)3-2-5-14-12/h9-10H,5-8H2,1-4H3;2-3,5,9-10H,4,6-8H2,1H3,(H,13,16). The zero-order valence-corrected chi connectivity index (χ0v) is 21.1. The Morgan fingerprint density at radius 2 is 1.88 bits per heavy atom. The van der Waals surface area contributed by atoms with Gasteiger partial charge in [-0.1, -0.05) is 19.9 Å². The number of nitrogens with zero attached hydrogens (tertiary/aromatic N) is 4. The number of pyridine rings is 1. The van der Waals surface area contributed by atoms with Crippen molar-refractivity contribution in [3.05, 3.63) is 41.3 Å². The summed E-state index contributed by atoms with van der Waals surface area (Å²) in [5.74, 6) is 2.66. The lowest BCUT2D eigenvalue weighted by molar-refractivity contribution is -0.109. The first-order valence-corrected chi connectivity index (χ1v) is 12.6. The average molecular weight is 458 g/mol. The molecule has 0 radical (unpaired) electrons. The summed E-state index contributed by atoms with van der Waals surface area (Å²) in [5, 5.41) is 2.69. The fourth-order valence-corrected chi connectivity index (χ4v) is 5.42. The SMILES string of the molecule is CC1CCN(c2ncccc2CNC=O)C1.Cc1cc(SN2CCC(C)CC2)c(C)n1C. The molecule has 0 spiro atoms. The van der Waals surface area contributed by atoms with Crippen molar-refractivity contribution in [3.63, 3.8) is 0 Å². The Balaban J connectivity index is 0.000000181. The lowest BCUT2D eigenvalue weighted by Crippen LogP contribution is -2.27. The van der Waals surface area contributed by atoms with Gasteiger partial charge in [0.15, 0.2) is 0 Å². The molecule has 4 heterocycles. The van der Waals surface area contributed by atoms with Crippen LogP contribution < -0.4 is 10.2 Å². The first-order chi connectivity index (χ1) is 15.4. The highest BCUT2D eigenvalue weighted by molar-refractivity contribution is 7.97. The van der Waals surface area contributed by atoms with Gasteiger partial charge in [-0.05, 0) is 69.0 Å². The van der Waals surface area contributed by atoms with Gasteiger partial charge in [-0.2, -0.15) is 0 Å². The predicted octanol–water partition coefficient (Wildman–Crippen LogP) is 4.55. The zero-order chi connectivity index (χ0) is 23.1. The molecule has 1 atom stereocenters. The van der Waals surface area contributed by atoms with Crippen molar-refractivity contribution in [2.75, 3.05) is 31.1 Å². The topological polar surface area (TPSA) is 53.4 Å². The maximum Gasteiger partial charge on any atom is 0.207 e. The van der Waals surface area contributed by atoms with E-state index < -0.39 is 0 Å². The Hall–Kier alpha value is -1.99. The molecule has 6 nitrogen and oxygen atoms in total. The Morgan fingerprint density at radius 1 is 1.16 bits per heavy atom. The molecule has 7 heteroatoms. The largest absolute Gasteiger partial charge is 0.356 e. The van der Waals surface area contributed by atoms with E-state index in [4.69, 9.17) is 0 Å². The third-order valence-electron chi connectivity index (χ3n) is 6.67. The Labute approximate surface area is 197 Å². The van der Waals surface area contributed by atoms with Crippen molar-refractivity contribution in [3.8, 4) is 0 Å². The first-order valence-electron chi connectivity index (χ1n) is 11.8. The summed E-state index contributed by atoms with van der Waals surface area (Å²) in [6.45, 7) is 14.1. The number of aromatic nitrogens is 2. The summed E-state index contributed by atoms with van der Waals surface area (Å²) in [6, 6.07) is 6.23. The number of hydrogen-bond acceptors (Lipinski definition) is 5. The van der Waals surface area contributed by atoms with Gasteiger partial charge in [0.2, 0.25) is 6.41 Å². The van der Waals surface area contributed by atoms with Gasteiger partial charge in [-0.25, -0.2) is 9.29 Å². The zero-order valence-electron chi connectivity index (χ0n) is 20.3. The van der Waals surface area contributed by atoms with Gasteiger partial charge in [0.1, 0.15) is 5.82 Å². The van der Waals surface area contributed by atoms with Crippen LogP contribution in [0.25, 0.3) is 0 Å². The molecule has 2 fully saturated rings. The molecule has 2 aliphatic rings. The van der Waals surface area contributed by atoms with Crippen molar-refractivity contribution < 1.29 is 4.79 Å². The van der Waals surface area contributed by atoms with E-state index >= 15 is 0 Å². The predicted molar refractivity (Wildman–Crippen MR) is 134 cm³/mol. The molecule has 176 valence electrons. The minimum absolute atomic E-state index is 0.553. The Kier molecular flexibility index (Phi) is 9.05. The van der Waals surface area contributed by atoms with Crippen LogP contribution in [0.15, 0.2) is 29.3 Å². The second-order valence-corrected chi connectivity index (χ2v) is 10.5. The number of anilines is 1. The van der Waals surface area contributed by atoms with Gasteiger partial charge in [0.05, 0.1) is 0 Å². The quantitative estimate of drug-likeness (QED) is 0.509. The number of aryl methyl sites for hydroxylation is 1. The first kappa shape index (κ1) is 24.6. The maximum atomic E-state index is 10.3. The van der Waals surface area contributed by atoms with Crippen LogP contribution in [0.5, 0.6) is 0 Å². The number of rotatable bonds is 6. The van der Waals surface area contributed by atoms with E-state index in [9.17, 15) is 4.79 Å². The molecular weight excluding hydrogens is 418 g/mol. The molecule has 2 aromatic heterocycles. The molecule has 1 amide bonds. The molecule has 0 saturated carbocycles. The van der Waals surface area contributed by atoms with Crippen molar-refractivity contribution in [1.29, 1.82) is 0 Å². The fraction of sp³-hybridized carbons (Fsp3) is 0.600. The van der Waals surface area contributed by atoms with Crippen molar-refractivity contribution in [2.45, 2.75) is 58.4 Å². The van der Waals surface area contributed by atoms with E-state index in [0.717, 1.165) is 42.7 Å². The average Bonchev–Trinajstić information content (AvgIpc) is 3.33. The van der Waals surface area contributed by atoms with Gasteiger partial charge in [0, 0.05) is 67.8 Å². The van der Waals surface area contributed by atoms with Crippen molar-refractivity contribution in [2.24, 2.45) is 18.9 Å². The summed E-state index contributed by atoms with van der Waals surface area (Å²) < 4.78 is 4.79. The molecule has 1 unspecified atom stereocenters. The van der Waals surface area contributed by atoms with E-state index in [0.29, 0.717) is 6.54 Å². The monoisotopic (exact) mass is 457 g/mol. The summed E-state index contributed by atoms with van der Waals surface area (Å²) in [6.07, 6.45) is 6.44. The van der Waals surface area contributed by atoms with Crippen LogP contribution in [0.4, 0.5) is 5.82 Å². The third kappa shape index (κ3) is 6.51. The summed E-state index contributed by atoms with van der Waals surface area (Å²) in [7, 11) is 2.15. The van der Waals surface area contributed by atoms with Gasteiger partial charge < -0.3 is 14.8 Å². The van der Waals surface area contributed by atoms with Crippen LogP contribution in [0.2, 0.25) is 0 Å². The van der Waals surface area contributed by atoms with Gasteiger partial charge in [-0.15, -0.1) is 0 Å². The number of nitrogens with one attached hydrogen (secondary N) is 1. The molecule has 2 aromatic rings. The second-order valence-electron chi connectivity index (χ2n) is 9.32. The molecule has 1 N–H and O–H groups in total. The number of piperidine rings is 1. The van der Waals surface area contributed by atoms with Crippen LogP contribution in [-0.2, 0) is 18.4 Å². The summed E-state index contributed by atoms with van der Waals surface area (Å²) in [4.78, 5) is 18.5. The van der Waals surface area contributed by atoms with E-state index in [1.54, 1.807) is 0 Å². The van der Waals surface area contributed by atoms with E-state index in [2.05, 4.69) is 64.9 Å². The Morgan fingerprint density at radius 3 is 2.47 bits per heavy atom. The van der Waals surface area contributed by atoms with Crippen molar-refractivity contribution >= 4 is 24.2 Å². The van der Waals surface area contributed by atoms with Gasteiger partial charge in [-0.3, -0.25) is 4.79 Å².